The van der Waals surface area contributed by atoms with Gasteiger partial charge >= 0.3 is 0 Å². The summed E-state index contributed by atoms with van der Waals surface area (Å²) in [5.41, 5.74) is 1.97. The molecular formula is C15H13Cl2NO2S. The Morgan fingerprint density at radius 3 is 2.43 bits per heavy atom. The maximum absolute atomic E-state index is 12.3. The van der Waals surface area contributed by atoms with Crippen LogP contribution in [0.2, 0.25) is 10.0 Å². The van der Waals surface area contributed by atoms with Crippen LogP contribution >= 0.6 is 23.2 Å². The molecule has 0 aliphatic rings. The summed E-state index contributed by atoms with van der Waals surface area (Å²) in [5.74, 6) is 0. The van der Waals surface area contributed by atoms with E-state index in [1.807, 2.05) is 6.92 Å². The van der Waals surface area contributed by atoms with Crippen LogP contribution in [0.5, 0.6) is 0 Å². The van der Waals surface area contributed by atoms with Crippen molar-refractivity contribution in [3.8, 4) is 0 Å². The normalized spacial score (nSPS) is 11.2. The number of hydrogen-bond acceptors (Lipinski definition) is 2. The Balaban J connectivity index is 2.33. The molecule has 3 nitrogen and oxygen atoms in total. The molecule has 0 atom stereocenters. The molecule has 0 amide bonds. The maximum Gasteiger partial charge on any atom is 0.261 e. The van der Waals surface area contributed by atoms with Crippen molar-refractivity contribution >= 4 is 44.5 Å². The van der Waals surface area contributed by atoms with Crippen LogP contribution in [0.15, 0.2) is 53.9 Å². The first-order valence-electron chi connectivity index (χ1n) is 6.03. The van der Waals surface area contributed by atoms with Gasteiger partial charge in [0.1, 0.15) is 0 Å². The Kier molecular flexibility index (Phi) is 4.61. The third kappa shape index (κ3) is 3.79. The second-order valence-electron chi connectivity index (χ2n) is 4.54. The summed E-state index contributed by atoms with van der Waals surface area (Å²) in [6, 6.07) is 10.9. The first-order valence-corrected chi connectivity index (χ1v) is 8.27. The fourth-order valence-corrected chi connectivity index (χ4v) is 3.46. The van der Waals surface area contributed by atoms with Crippen LogP contribution < -0.4 is 4.72 Å². The van der Waals surface area contributed by atoms with Crippen molar-refractivity contribution in [2.45, 2.75) is 11.8 Å². The van der Waals surface area contributed by atoms with E-state index in [1.165, 1.54) is 12.1 Å². The second-order valence-corrected chi connectivity index (χ2v) is 7.06. The standard InChI is InChI=1S/C15H13Cl2NO2S/c1-10(2)14-7-6-12(9-15(14)17)18-21(19,20)13-5-3-4-11(16)8-13/h3-9,18H,1H2,2H3. The van der Waals surface area contributed by atoms with E-state index >= 15 is 0 Å². The highest BCUT2D eigenvalue weighted by molar-refractivity contribution is 7.92. The summed E-state index contributed by atoms with van der Waals surface area (Å²) in [6.07, 6.45) is 0. The van der Waals surface area contributed by atoms with Gasteiger partial charge < -0.3 is 0 Å². The molecule has 6 heteroatoms. The SMILES string of the molecule is C=C(C)c1ccc(NS(=O)(=O)c2cccc(Cl)c2)cc1Cl. The maximum atomic E-state index is 12.3. The molecule has 1 N–H and O–H groups in total. The average Bonchev–Trinajstić information content (AvgIpc) is 2.37. The molecule has 0 heterocycles. The van der Waals surface area contributed by atoms with E-state index in [9.17, 15) is 8.42 Å². The molecule has 110 valence electrons. The van der Waals surface area contributed by atoms with Crippen molar-refractivity contribution in [1.82, 2.24) is 0 Å². The van der Waals surface area contributed by atoms with E-state index in [1.54, 1.807) is 30.3 Å². The van der Waals surface area contributed by atoms with Gasteiger partial charge in [0.2, 0.25) is 0 Å². The fourth-order valence-electron chi connectivity index (χ4n) is 1.77. The zero-order chi connectivity index (χ0) is 15.6. The van der Waals surface area contributed by atoms with Crippen molar-refractivity contribution in [1.29, 1.82) is 0 Å². The molecule has 0 unspecified atom stereocenters. The predicted molar refractivity (Wildman–Crippen MR) is 88.4 cm³/mol. The van der Waals surface area contributed by atoms with Crippen LogP contribution in [0.1, 0.15) is 12.5 Å². The highest BCUT2D eigenvalue weighted by Gasteiger charge is 2.15. The summed E-state index contributed by atoms with van der Waals surface area (Å²) >= 11 is 11.9. The van der Waals surface area contributed by atoms with Gasteiger partial charge in [0.15, 0.2) is 0 Å². The van der Waals surface area contributed by atoms with E-state index in [4.69, 9.17) is 23.2 Å². The monoisotopic (exact) mass is 341 g/mol. The molecule has 0 fully saturated rings. The van der Waals surface area contributed by atoms with Gasteiger partial charge in [0, 0.05) is 5.02 Å². The first kappa shape index (κ1) is 15.9. The van der Waals surface area contributed by atoms with Crippen LogP contribution in [0.4, 0.5) is 5.69 Å². The van der Waals surface area contributed by atoms with E-state index < -0.39 is 10.0 Å². The molecule has 2 rings (SSSR count). The van der Waals surface area contributed by atoms with Crippen molar-refractivity contribution in [3.05, 3.63) is 64.7 Å². The molecule has 21 heavy (non-hydrogen) atoms. The Morgan fingerprint density at radius 2 is 1.86 bits per heavy atom. The summed E-state index contributed by atoms with van der Waals surface area (Å²) in [6.45, 7) is 5.64. The number of anilines is 1. The highest BCUT2D eigenvalue weighted by atomic mass is 35.5. The molecule has 0 radical (unpaired) electrons. The Hall–Kier alpha value is -1.49. The van der Waals surface area contributed by atoms with E-state index in [0.717, 1.165) is 11.1 Å². The highest BCUT2D eigenvalue weighted by Crippen LogP contribution is 2.27. The number of rotatable bonds is 4. The van der Waals surface area contributed by atoms with Gasteiger partial charge in [-0.25, -0.2) is 8.42 Å². The minimum atomic E-state index is -3.70. The van der Waals surface area contributed by atoms with Crippen molar-refractivity contribution in [2.24, 2.45) is 0 Å². The van der Waals surface area contributed by atoms with Crippen molar-refractivity contribution in [3.63, 3.8) is 0 Å². The molecule has 0 bridgehead atoms. The number of hydrogen-bond donors (Lipinski definition) is 1. The molecule has 0 aliphatic carbocycles. The largest absolute Gasteiger partial charge is 0.280 e. The summed E-state index contributed by atoms with van der Waals surface area (Å²) in [4.78, 5) is 0.0927. The lowest BCUT2D eigenvalue weighted by Gasteiger charge is -2.10. The zero-order valence-electron chi connectivity index (χ0n) is 11.2. The molecule has 0 aromatic heterocycles. The first-order chi connectivity index (χ1) is 9.79. The molecule has 0 saturated carbocycles. The van der Waals surface area contributed by atoms with Gasteiger partial charge in [-0.2, -0.15) is 0 Å². The Labute approximate surface area is 134 Å². The Morgan fingerprint density at radius 1 is 1.14 bits per heavy atom. The quantitative estimate of drug-likeness (QED) is 0.865. The van der Waals surface area contributed by atoms with Gasteiger partial charge in [-0.1, -0.05) is 41.9 Å². The van der Waals surface area contributed by atoms with Crippen LogP contribution in [-0.2, 0) is 10.0 Å². The minimum absolute atomic E-state index is 0.0927. The summed E-state index contributed by atoms with van der Waals surface area (Å²) in [7, 11) is -3.70. The number of benzene rings is 2. The lowest BCUT2D eigenvalue weighted by molar-refractivity contribution is 0.601. The molecule has 2 aromatic carbocycles. The van der Waals surface area contributed by atoms with Gasteiger partial charge in [0.05, 0.1) is 15.6 Å². The third-order valence-electron chi connectivity index (χ3n) is 2.79. The Bertz CT molecular complexity index is 801. The second kappa shape index (κ2) is 6.10. The smallest absolute Gasteiger partial charge is 0.261 e. The lowest BCUT2D eigenvalue weighted by atomic mass is 10.1. The number of sulfonamides is 1. The third-order valence-corrected chi connectivity index (χ3v) is 4.71. The molecule has 2 aromatic rings. The lowest BCUT2D eigenvalue weighted by Crippen LogP contribution is -2.12. The van der Waals surface area contributed by atoms with Crippen LogP contribution in [0, 0.1) is 0 Å². The molecule has 0 aliphatic heterocycles. The number of allylic oxidation sites excluding steroid dienone is 1. The van der Waals surface area contributed by atoms with Gasteiger partial charge in [-0.05, 0) is 48.4 Å². The fraction of sp³-hybridized carbons (Fsp3) is 0.0667. The van der Waals surface area contributed by atoms with Gasteiger partial charge in [-0.3, -0.25) is 4.72 Å². The molecule has 0 spiro atoms. The van der Waals surface area contributed by atoms with Crippen LogP contribution in [0.25, 0.3) is 5.57 Å². The van der Waals surface area contributed by atoms with Crippen molar-refractivity contribution < 1.29 is 8.42 Å². The molecule has 0 saturated heterocycles. The summed E-state index contributed by atoms with van der Waals surface area (Å²) < 4.78 is 27.0. The van der Waals surface area contributed by atoms with E-state index in [0.29, 0.717) is 15.7 Å². The molecular weight excluding hydrogens is 329 g/mol. The summed E-state index contributed by atoms with van der Waals surface area (Å²) in [5, 5.41) is 0.794. The van der Waals surface area contributed by atoms with E-state index in [-0.39, 0.29) is 4.90 Å². The number of halogens is 2. The van der Waals surface area contributed by atoms with E-state index in [2.05, 4.69) is 11.3 Å². The average molecular weight is 342 g/mol. The van der Waals surface area contributed by atoms with Gasteiger partial charge in [-0.15, -0.1) is 0 Å². The van der Waals surface area contributed by atoms with Crippen LogP contribution in [-0.4, -0.2) is 8.42 Å². The zero-order valence-corrected chi connectivity index (χ0v) is 13.6. The van der Waals surface area contributed by atoms with Crippen molar-refractivity contribution in [2.75, 3.05) is 4.72 Å². The van der Waals surface area contributed by atoms with Crippen LogP contribution in [0.3, 0.4) is 0 Å². The predicted octanol–water partition coefficient (Wildman–Crippen LogP) is 4.83. The minimum Gasteiger partial charge on any atom is -0.280 e. The topological polar surface area (TPSA) is 46.2 Å². The van der Waals surface area contributed by atoms with Gasteiger partial charge in [0.25, 0.3) is 10.0 Å². The number of nitrogens with one attached hydrogen (secondary N) is 1.